The largest absolute Gasteiger partial charge is 0.542 e. The van der Waals surface area contributed by atoms with Crippen LogP contribution in [0.1, 0.15) is 30.8 Å². The van der Waals surface area contributed by atoms with Crippen molar-refractivity contribution in [3.8, 4) is 0 Å². The molecule has 1 aromatic carbocycles. The molecule has 0 fully saturated rings. The monoisotopic (exact) mass is 785 g/mol. The third-order valence-electron chi connectivity index (χ3n) is 7.08. The molecule has 4 rings (SSSR count). The molecule has 0 spiro atoms. The molecule has 0 bridgehead atoms. The number of aliphatic carboxylic acids is 3. The Morgan fingerprint density at radius 2 is 1.38 bits per heavy atom. The average Bonchev–Trinajstić information content (AvgIpc) is 3.70. The molecule has 21 heteroatoms. The van der Waals surface area contributed by atoms with Crippen LogP contribution in [0.2, 0.25) is 0 Å². The van der Waals surface area contributed by atoms with Gasteiger partial charge in [-0.3, -0.25) is 9.59 Å². The van der Waals surface area contributed by atoms with Gasteiger partial charge in [0, 0.05) is 6.42 Å². The zero-order valence-corrected chi connectivity index (χ0v) is 29.5. The normalized spacial score (nSPS) is 12.3. The maximum absolute atomic E-state index is 13.1. The molecule has 0 saturated heterocycles. The number of aryl methyl sites for hydroxylation is 1. The maximum atomic E-state index is 13.1. The number of hydrogen-bond donors (Lipinski definition) is 3. The average molecular weight is 786 g/mol. The maximum Gasteiger partial charge on any atom is 0.430 e. The van der Waals surface area contributed by atoms with Crippen LogP contribution in [0.15, 0.2) is 86.0 Å². The number of carbonyl (C=O) groups is 5. The molecule has 0 aliphatic heterocycles. The van der Waals surface area contributed by atoms with Crippen molar-refractivity contribution in [3.63, 3.8) is 0 Å². The molecule has 298 valence electrons. The SMILES string of the molecule is CC(C)[C@H](NC(=O)[C@H](Cc1ccccc1)NC(=O)Cn1cc[n+](Cc2cccc(Cn3cc[n+](C)c3)n2)c1)C(=O)O.O=C([O-])C(F)(F)F.O=C([O-])C(F)(F)F. The van der Waals surface area contributed by atoms with E-state index >= 15 is 0 Å². The van der Waals surface area contributed by atoms with Crippen molar-refractivity contribution in [2.45, 2.75) is 64.3 Å². The highest BCUT2D eigenvalue weighted by Crippen LogP contribution is 2.12. The van der Waals surface area contributed by atoms with Gasteiger partial charge in [0.05, 0.1) is 18.4 Å². The summed E-state index contributed by atoms with van der Waals surface area (Å²) in [5.41, 5.74) is 2.69. The molecule has 2 atom stereocenters. The number of carboxylic acid groups (broad SMARTS) is 3. The Hall–Kier alpha value is -6.28. The first-order chi connectivity index (χ1) is 25.5. The number of pyridine rings is 1. The van der Waals surface area contributed by atoms with E-state index < -0.39 is 48.3 Å². The second kappa shape index (κ2) is 20.3. The summed E-state index contributed by atoms with van der Waals surface area (Å²) in [5, 5.41) is 32.5. The summed E-state index contributed by atoms with van der Waals surface area (Å²) in [5.74, 6) is -8.34. The molecule has 0 aliphatic carbocycles. The predicted molar refractivity (Wildman–Crippen MR) is 171 cm³/mol. The molecule has 0 unspecified atom stereocenters. The molecule has 4 aromatic rings. The number of nitrogens with zero attached hydrogens (tertiary/aromatic N) is 5. The van der Waals surface area contributed by atoms with E-state index in [9.17, 15) is 45.8 Å². The number of imidazole rings is 2. The van der Waals surface area contributed by atoms with Crippen molar-refractivity contribution in [2.75, 3.05) is 0 Å². The van der Waals surface area contributed by atoms with Crippen LogP contribution in [0.25, 0.3) is 0 Å². The number of carbonyl (C=O) groups excluding carboxylic acids is 4. The molecule has 3 N–H and O–H groups in total. The molecular formula is C34H37F6N7O8. The van der Waals surface area contributed by atoms with Crippen molar-refractivity contribution in [1.29, 1.82) is 0 Å². The summed E-state index contributed by atoms with van der Waals surface area (Å²) in [7, 11) is 1.97. The van der Waals surface area contributed by atoms with Gasteiger partial charge in [0.2, 0.25) is 18.6 Å². The second-order valence-corrected chi connectivity index (χ2v) is 12.1. The molecule has 15 nitrogen and oxygen atoms in total. The van der Waals surface area contributed by atoms with Crippen LogP contribution >= 0.6 is 0 Å². The number of rotatable bonds is 13. The van der Waals surface area contributed by atoms with E-state index in [2.05, 4.69) is 15.2 Å². The number of benzene rings is 1. The van der Waals surface area contributed by atoms with Crippen molar-refractivity contribution in [3.05, 3.63) is 103 Å². The van der Waals surface area contributed by atoms with Crippen molar-refractivity contribution < 1.29 is 74.8 Å². The van der Waals surface area contributed by atoms with E-state index in [1.54, 1.807) is 24.6 Å². The van der Waals surface area contributed by atoms with Gasteiger partial charge in [-0.25, -0.2) is 28.0 Å². The topological polar surface area (TPSA) is 206 Å². The van der Waals surface area contributed by atoms with Crippen LogP contribution in [-0.4, -0.2) is 73.4 Å². The highest BCUT2D eigenvalue weighted by atomic mass is 19.4. The predicted octanol–water partition coefficient (Wildman–Crippen LogP) is -0.557. The lowest BCUT2D eigenvalue weighted by atomic mass is 10.0. The van der Waals surface area contributed by atoms with Gasteiger partial charge in [0.1, 0.15) is 61.9 Å². The van der Waals surface area contributed by atoms with Crippen LogP contribution in [0.3, 0.4) is 0 Å². The van der Waals surface area contributed by atoms with Gasteiger partial charge < -0.3 is 35.5 Å². The van der Waals surface area contributed by atoms with Crippen LogP contribution in [0.5, 0.6) is 0 Å². The van der Waals surface area contributed by atoms with E-state index in [4.69, 9.17) is 24.8 Å². The summed E-state index contributed by atoms with van der Waals surface area (Å²) in [6.07, 6.45) is 1.28. The van der Waals surface area contributed by atoms with E-state index in [-0.39, 0.29) is 24.8 Å². The highest BCUT2D eigenvalue weighted by Gasteiger charge is 2.30. The number of amides is 2. The fraction of sp³-hybridized carbons (Fsp3) is 0.353. The van der Waals surface area contributed by atoms with Gasteiger partial charge in [-0.15, -0.1) is 0 Å². The smallest absolute Gasteiger partial charge is 0.430 e. The standard InChI is InChI=1S/C30H35N7O4.2C2HF3O2/c1-22(2)28(30(40)41)33-29(39)26(16-23-8-5-4-6-9-23)32-27(38)19-37-15-14-36(21-37)18-25-11-7-10-24(31-25)17-35-13-12-34(3)20-35;2*3-2(4,5)1(6)7/h4-15,20-22,26,28H,16-19H2,1-3H3,(H-2,32,33,38,39,40,41);2*(H,6,7)/t26-,28-;;/m0../s1. The van der Waals surface area contributed by atoms with Crippen molar-refractivity contribution in [2.24, 2.45) is 13.0 Å². The Kier molecular flexibility index (Phi) is 16.5. The molecule has 3 heterocycles. The molecule has 0 radical (unpaired) electrons. The van der Waals surface area contributed by atoms with Crippen LogP contribution < -0.4 is 30.0 Å². The Morgan fingerprint density at radius 3 is 1.89 bits per heavy atom. The lowest BCUT2D eigenvalue weighted by molar-refractivity contribution is -0.688. The Morgan fingerprint density at radius 1 is 0.818 bits per heavy atom. The second-order valence-electron chi connectivity index (χ2n) is 12.1. The number of carboxylic acids is 3. The summed E-state index contributed by atoms with van der Waals surface area (Å²) in [6.45, 7) is 4.64. The van der Waals surface area contributed by atoms with Crippen molar-refractivity contribution in [1.82, 2.24) is 24.8 Å². The number of hydrogen-bond acceptors (Lipinski definition) is 8. The van der Waals surface area contributed by atoms with Gasteiger partial charge >= 0.3 is 18.3 Å². The van der Waals surface area contributed by atoms with Gasteiger partial charge in [-0.1, -0.05) is 50.2 Å². The third kappa shape index (κ3) is 16.5. The van der Waals surface area contributed by atoms with Gasteiger partial charge in [-0.05, 0) is 23.6 Å². The minimum absolute atomic E-state index is 0.00375. The van der Waals surface area contributed by atoms with E-state index in [1.165, 1.54) is 0 Å². The lowest BCUT2D eigenvalue weighted by Crippen LogP contribution is -2.54. The molecule has 3 aromatic heterocycles. The summed E-state index contributed by atoms with van der Waals surface area (Å²) >= 11 is 0. The zero-order valence-electron chi connectivity index (χ0n) is 29.5. The fourth-order valence-corrected chi connectivity index (χ4v) is 4.53. The Balaban J connectivity index is 0.000000633. The van der Waals surface area contributed by atoms with Gasteiger partial charge in [0.25, 0.3) is 5.91 Å². The first-order valence-electron chi connectivity index (χ1n) is 16.0. The number of halogens is 6. The van der Waals surface area contributed by atoms with E-state index in [1.807, 2.05) is 96.0 Å². The first kappa shape index (κ1) is 44.9. The minimum atomic E-state index is -5.19. The molecule has 2 amide bonds. The van der Waals surface area contributed by atoms with Crippen LogP contribution in [-0.2, 0) is 57.1 Å². The van der Waals surface area contributed by atoms with E-state index in [0.717, 1.165) is 17.0 Å². The number of alkyl halides is 6. The molecule has 0 saturated carbocycles. The van der Waals surface area contributed by atoms with Gasteiger partial charge in [-0.2, -0.15) is 26.3 Å². The Bertz CT molecular complexity index is 1870. The van der Waals surface area contributed by atoms with Crippen LogP contribution in [0, 0.1) is 5.92 Å². The van der Waals surface area contributed by atoms with Gasteiger partial charge in [0.15, 0.2) is 6.54 Å². The molecule has 0 aliphatic rings. The number of aromatic nitrogens is 5. The summed E-state index contributed by atoms with van der Waals surface area (Å²) < 4.78 is 70.8. The fourth-order valence-electron chi connectivity index (χ4n) is 4.53. The zero-order chi connectivity index (χ0) is 41.5. The number of nitrogens with one attached hydrogen (secondary N) is 2. The van der Waals surface area contributed by atoms with Crippen LogP contribution in [0.4, 0.5) is 26.3 Å². The summed E-state index contributed by atoms with van der Waals surface area (Å²) in [4.78, 5) is 60.1. The molecular weight excluding hydrogens is 748 g/mol. The Labute approximate surface area is 309 Å². The van der Waals surface area contributed by atoms with E-state index in [0.29, 0.717) is 13.1 Å². The highest BCUT2D eigenvalue weighted by molar-refractivity contribution is 5.90. The third-order valence-corrected chi connectivity index (χ3v) is 7.08. The van der Waals surface area contributed by atoms with Crippen molar-refractivity contribution >= 4 is 29.7 Å². The summed E-state index contributed by atoms with van der Waals surface area (Å²) in [6, 6.07) is 13.2. The lowest BCUT2D eigenvalue weighted by Gasteiger charge is -2.23. The quantitative estimate of drug-likeness (QED) is 0.117. The minimum Gasteiger partial charge on any atom is -0.542 e. The first-order valence-corrected chi connectivity index (χ1v) is 16.0. The molecule has 55 heavy (non-hydrogen) atoms.